The fourth-order valence-corrected chi connectivity index (χ4v) is 3.47. The lowest BCUT2D eigenvalue weighted by molar-refractivity contribution is 0.168. The van der Waals surface area contributed by atoms with Crippen molar-refractivity contribution < 1.29 is 9.84 Å². The molecule has 112 valence electrons. The van der Waals surface area contributed by atoms with Gasteiger partial charge in [0.05, 0.1) is 13.2 Å². The van der Waals surface area contributed by atoms with E-state index >= 15 is 0 Å². The molecule has 21 heavy (non-hydrogen) atoms. The molecule has 1 aliphatic rings. The van der Waals surface area contributed by atoms with Gasteiger partial charge in [0.2, 0.25) is 0 Å². The maximum absolute atomic E-state index is 10.3. The second kappa shape index (κ2) is 6.60. The highest BCUT2D eigenvalue weighted by atomic mass is 32.1. The van der Waals surface area contributed by atoms with E-state index in [1.54, 1.807) is 18.4 Å². The summed E-state index contributed by atoms with van der Waals surface area (Å²) in [5.74, 6) is 1.54. The molecule has 3 nitrogen and oxygen atoms in total. The van der Waals surface area contributed by atoms with E-state index in [2.05, 4.69) is 22.8 Å². The third-order valence-corrected chi connectivity index (χ3v) is 4.93. The van der Waals surface area contributed by atoms with Crippen molar-refractivity contribution >= 4 is 11.3 Å². The van der Waals surface area contributed by atoms with Crippen molar-refractivity contribution in [3.63, 3.8) is 0 Å². The van der Waals surface area contributed by atoms with Gasteiger partial charge in [-0.05, 0) is 47.9 Å². The number of methoxy groups -OCH3 is 1. The molecule has 0 radical (unpaired) electrons. The lowest BCUT2D eigenvalue weighted by atomic mass is 10.1. The van der Waals surface area contributed by atoms with E-state index in [-0.39, 0.29) is 0 Å². The molecule has 0 spiro atoms. The van der Waals surface area contributed by atoms with Crippen molar-refractivity contribution in [3.05, 3.63) is 52.2 Å². The molecular formula is C17H21NO2S. The monoisotopic (exact) mass is 303 g/mol. The molecule has 1 aliphatic carbocycles. The summed E-state index contributed by atoms with van der Waals surface area (Å²) in [6, 6.07) is 12.3. The topological polar surface area (TPSA) is 41.5 Å². The lowest BCUT2D eigenvalue weighted by Crippen LogP contribution is -2.27. The zero-order valence-electron chi connectivity index (χ0n) is 12.2. The maximum atomic E-state index is 10.3. The van der Waals surface area contributed by atoms with Gasteiger partial charge in [0.1, 0.15) is 5.75 Å². The third-order valence-electron chi connectivity index (χ3n) is 3.97. The standard InChI is InChI=1S/C17H21NO2S/c1-20-14-8-6-12(7-9-14)15(19)11-18-17(13-4-5-13)16-3-2-10-21-16/h2-3,6-10,13,15,17-19H,4-5,11H2,1H3. The predicted molar refractivity (Wildman–Crippen MR) is 85.7 cm³/mol. The first kappa shape index (κ1) is 14.6. The fourth-order valence-electron chi connectivity index (χ4n) is 2.58. The summed E-state index contributed by atoms with van der Waals surface area (Å²) in [4.78, 5) is 1.37. The average Bonchev–Trinajstić information content (AvgIpc) is 3.21. The molecule has 3 rings (SSSR count). The van der Waals surface area contributed by atoms with Crippen LogP contribution in [-0.4, -0.2) is 18.8 Å². The van der Waals surface area contributed by atoms with Gasteiger partial charge in [-0.2, -0.15) is 0 Å². The van der Waals surface area contributed by atoms with Crippen LogP contribution in [0.2, 0.25) is 0 Å². The Morgan fingerprint density at radius 3 is 2.62 bits per heavy atom. The number of hydrogen-bond donors (Lipinski definition) is 2. The molecule has 0 amide bonds. The minimum atomic E-state index is -0.489. The molecule has 1 heterocycles. The van der Waals surface area contributed by atoms with Crippen molar-refractivity contribution in [2.75, 3.05) is 13.7 Å². The number of benzene rings is 1. The largest absolute Gasteiger partial charge is 0.497 e. The molecule has 0 bridgehead atoms. The van der Waals surface area contributed by atoms with Crippen molar-refractivity contribution in [1.82, 2.24) is 5.32 Å². The van der Waals surface area contributed by atoms with Crippen LogP contribution in [0.4, 0.5) is 0 Å². The Balaban J connectivity index is 1.60. The Morgan fingerprint density at radius 1 is 1.29 bits per heavy atom. The van der Waals surface area contributed by atoms with E-state index in [0.717, 1.165) is 17.2 Å². The van der Waals surface area contributed by atoms with Crippen LogP contribution in [0.15, 0.2) is 41.8 Å². The second-order valence-electron chi connectivity index (χ2n) is 5.53. The number of aliphatic hydroxyl groups is 1. The highest BCUT2D eigenvalue weighted by Crippen LogP contribution is 2.42. The van der Waals surface area contributed by atoms with Gasteiger partial charge in [-0.25, -0.2) is 0 Å². The van der Waals surface area contributed by atoms with Crippen molar-refractivity contribution in [1.29, 1.82) is 0 Å². The third kappa shape index (κ3) is 3.64. The Kier molecular flexibility index (Phi) is 4.58. The summed E-state index contributed by atoms with van der Waals surface area (Å²) in [6.07, 6.45) is 2.08. The number of aliphatic hydroxyl groups excluding tert-OH is 1. The Labute approximate surface area is 129 Å². The van der Waals surface area contributed by atoms with Crippen molar-refractivity contribution in [2.45, 2.75) is 25.0 Å². The van der Waals surface area contributed by atoms with E-state index < -0.39 is 6.10 Å². The van der Waals surface area contributed by atoms with Gasteiger partial charge in [0, 0.05) is 17.5 Å². The van der Waals surface area contributed by atoms with Crippen LogP contribution < -0.4 is 10.1 Å². The molecule has 1 fully saturated rings. The number of nitrogens with one attached hydrogen (secondary N) is 1. The summed E-state index contributed by atoms with van der Waals surface area (Å²) in [5.41, 5.74) is 0.920. The zero-order valence-corrected chi connectivity index (χ0v) is 13.0. The average molecular weight is 303 g/mol. The number of thiophene rings is 1. The molecule has 1 aromatic heterocycles. The molecule has 0 saturated heterocycles. The molecule has 2 N–H and O–H groups in total. The molecule has 1 saturated carbocycles. The van der Waals surface area contributed by atoms with E-state index in [4.69, 9.17) is 4.74 Å². The van der Waals surface area contributed by atoms with Crippen molar-refractivity contribution in [2.24, 2.45) is 5.92 Å². The van der Waals surface area contributed by atoms with Gasteiger partial charge in [-0.3, -0.25) is 0 Å². The summed E-state index contributed by atoms with van der Waals surface area (Å²) in [6.45, 7) is 0.575. The van der Waals surface area contributed by atoms with Crippen LogP contribution in [0.5, 0.6) is 5.75 Å². The fraction of sp³-hybridized carbons (Fsp3) is 0.412. The quantitative estimate of drug-likeness (QED) is 0.822. The van der Waals surface area contributed by atoms with Gasteiger partial charge >= 0.3 is 0 Å². The van der Waals surface area contributed by atoms with Crippen LogP contribution in [0.25, 0.3) is 0 Å². The van der Waals surface area contributed by atoms with Gasteiger partial charge < -0.3 is 15.2 Å². The Bertz CT molecular complexity index is 549. The van der Waals surface area contributed by atoms with Crippen LogP contribution in [-0.2, 0) is 0 Å². The Hall–Kier alpha value is -1.36. The molecule has 4 heteroatoms. The van der Waals surface area contributed by atoms with Crippen molar-refractivity contribution in [3.8, 4) is 5.75 Å². The smallest absolute Gasteiger partial charge is 0.118 e. The first-order valence-corrected chi connectivity index (χ1v) is 8.24. The van der Waals surface area contributed by atoms with Crippen LogP contribution in [0, 0.1) is 5.92 Å². The molecule has 0 aliphatic heterocycles. The first-order valence-electron chi connectivity index (χ1n) is 7.36. The van der Waals surface area contributed by atoms with Crippen LogP contribution in [0.3, 0.4) is 0 Å². The zero-order chi connectivity index (χ0) is 14.7. The van der Waals surface area contributed by atoms with Crippen LogP contribution >= 0.6 is 11.3 Å². The highest BCUT2D eigenvalue weighted by Gasteiger charge is 2.32. The molecule has 2 unspecified atom stereocenters. The normalized spacial score (nSPS) is 17.4. The van der Waals surface area contributed by atoms with E-state index in [1.807, 2.05) is 24.3 Å². The Morgan fingerprint density at radius 2 is 2.05 bits per heavy atom. The molecule has 1 aromatic carbocycles. The summed E-state index contributed by atoms with van der Waals surface area (Å²) < 4.78 is 5.14. The predicted octanol–water partition coefficient (Wildman–Crippen LogP) is 3.53. The molecular weight excluding hydrogens is 282 g/mol. The second-order valence-corrected chi connectivity index (χ2v) is 6.51. The van der Waals surface area contributed by atoms with Crippen LogP contribution in [0.1, 0.15) is 35.4 Å². The summed E-state index contributed by atoms with van der Waals surface area (Å²) in [5, 5.41) is 16.0. The minimum absolute atomic E-state index is 0.387. The number of rotatable bonds is 7. The summed E-state index contributed by atoms with van der Waals surface area (Å²) in [7, 11) is 1.65. The lowest BCUT2D eigenvalue weighted by Gasteiger charge is -2.20. The minimum Gasteiger partial charge on any atom is -0.497 e. The summed E-state index contributed by atoms with van der Waals surface area (Å²) >= 11 is 1.79. The van der Waals surface area contributed by atoms with Gasteiger partial charge in [0.15, 0.2) is 0 Å². The molecule has 2 atom stereocenters. The SMILES string of the molecule is COc1ccc(C(O)CNC(c2cccs2)C2CC2)cc1. The number of ether oxygens (including phenoxy) is 1. The van der Waals surface area contributed by atoms with E-state index in [9.17, 15) is 5.11 Å². The van der Waals surface area contributed by atoms with E-state index in [1.165, 1.54) is 17.7 Å². The molecule has 2 aromatic rings. The first-order chi connectivity index (χ1) is 10.3. The van der Waals surface area contributed by atoms with Gasteiger partial charge in [-0.1, -0.05) is 18.2 Å². The number of hydrogen-bond acceptors (Lipinski definition) is 4. The van der Waals surface area contributed by atoms with E-state index in [0.29, 0.717) is 12.6 Å². The van der Waals surface area contributed by atoms with Gasteiger partial charge in [-0.15, -0.1) is 11.3 Å². The highest BCUT2D eigenvalue weighted by molar-refractivity contribution is 7.10. The van der Waals surface area contributed by atoms with Gasteiger partial charge in [0.25, 0.3) is 0 Å². The maximum Gasteiger partial charge on any atom is 0.118 e.